The number of hydrogen-bond donors (Lipinski definition) is 0. The fourth-order valence-corrected chi connectivity index (χ4v) is 4.74. The molecule has 1 amide bonds. The number of rotatable bonds is 6. The second-order valence-electron chi connectivity index (χ2n) is 7.21. The summed E-state index contributed by atoms with van der Waals surface area (Å²) in [6, 6.07) is 13.7. The molecule has 7 nitrogen and oxygen atoms in total. The van der Waals surface area contributed by atoms with Crippen LogP contribution in [0, 0.1) is 0 Å². The predicted octanol–water partition coefficient (Wildman–Crippen LogP) is 3.31. The van der Waals surface area contributed by atoms with Crippen LogP contribution in [0.2, 0.25) is 5.02 Å². The van der Waals surface area contributed by atoms with Gasteiger partial charge in [0, 0.05) is 36.9 Å². The maximum absolute atomic E-state index is 13.4. The average molecular weight is 445 g/mol. The SMILES string of the molecule is Cn1cnc(S(=O)(=O)N(Cc2ccc(Cl)cc2)c2cccc(C(=O)N3CCC3)c2)c1. The molecular formula is C21H21ClN4O3S. The fourth-order valence-electron chi connectivity index (χ4n) is 3.20. The summed E-state index contributed by atoms with van der Waals surface area (Å²) in [6.07, 6.45) is 3.89. The number of aryl methyl sites for hydroxylation is 1. The molecule has 0 atom stereocenters. The first kappa shape index (κ1) is 20.4. The summed E-state index contributed by atoms with van der Waals surface area (Å²) in [7, 11) is -2.24. The molecule has 0 N–H and O–H groups in total. The Morgan fingerprint density at radius 3 is 2.50 bits per heavy atom. The second kappa shape index (κ2) is 8.12. The van der Waals surface area contributed by atoms with Crippen molar-refractivity contribution in [1.82, 2.24) is 14.5 Å². The minimum Gasteiger partial charge on any atom is -0.339 e. The van der Waals surface area contributed by atoms with Gasteiger partial charge in [0.2, 0.25) is 0 Å². The average Bonchev–Trinajstić information content (AvgIpc) is 3.13. The minimum absolute atomic E-state index is 0.0570. The van der Waals surface area contributed by atoms with Gasteiger partial charge in [-0.15, -0.1) is 0 Å². The van der Waals surface area contributed by atoms with Crippen molar-refractivity contribution in [3.8, 4) is 0 Å². The second-order valence-corrected chi connectivity index (χ2v) is 9.46. The van der Waals surface area contributed by atoms with Crippen molar-refractivity contribution in [3.05, 3.63) is 77.2 Å². The molecule has 0 spiro atoms. The normalized spacial score (nSPS) is 13.7. The lowest BCUT2D eigenvalue weighted by atomic mass is 10.1. The molecule has 1 aromatic heterocycles. The highest BCUT2D eigenvalue weighted by atomic mass is 35.5. The zero-order valence-electron chi connectivity index (χ0n) is 16.4. The van der Waals surface area contributed by atoms with Crippen molar-refractivity contribution < 1.29 is 13.2 Å². The molecule has 30 heavy (non-hydrogen) atoms. The van der Waals surface area contributed by atoms with E-state index in [1.165, 1.54) is 16.8 Å². The van der Waals surface area contributed by atoms with Gasteiger partial charge in [0.15, 0.2) is 5.03 Å². The molecule has 1 saturated heterocycles. The molecule has 0 bridgehead atoms. The van der Waals surface area contributed by atoms with E-state index in [-0.39, 0.29) is 17.5 Å². The van der Waals surface area contributed by atoms with Gasteiger partial charge in [0.25, 0.3) is 15.9 Å². The largest absolute Gasteiger partial charge is 0.339 e. The third kappa shape index (κ3) is 4.06. The van der Waals surface area contributed by atoms with E-state index in [2.05, 4.69) is 4.98 Å². The summed E-state index contributed by atoms with van der Waals surface area (Å²) >= 11 is 5.97. The zero-order valence-corrected chi connectivity index (χ0v) is 18.0. The molecule has 1 aliphatic heterocycles. The molecule has 2 heterocycles. The number of likely N-dealkylation sites (tertiary alicyclic amines) is 1. The molecule has 0 saturated carbocycles. The Labute approximate surface area is 180 Å². The van der Waals surface area contributed by atoms with Crippen LogP contribution in [-0.2, 0) is 23.6 Å². The number of amides is 1. The Bertz CT molecular complexity index is 1170. The molecule has 2 aromatic carbocycles. The van der Waals surface area contributed by atoms with Crippen molar-refractivity contribution in [3.63, 3.8) is 0 Å². The predicted molar refractivity (Wildman–Crippen MR) is 115 cm³/mol. The van der Waals surface area contributed by atoms with Crippen LogP contribution in [0.5, 0.6) is 0 Å². The molecule has 3 aromatic rings. The quantitative estimate of drug-likeness (QED) is 0.584. The highest BCUT2D eigenvalue weighted by molar-refractivity contribution is 7.92. The standard InChI is InChI=1S/C21H21ClN4O3S/c1-24-14-20(23-15-24)30(28,29)26(13-16-6-8-18(22)9-7-16)19-5-2-4-17(12-19)21(27)25-10-3-11-25/h2,4-9,12,14-15H,3,10-11,13H2,1H3. The summed E-state index contributed by atoms with van der Waals surface area (Å²) in [5, 5.41) is 0.512. The smallest absolute Gasteiger partial charge is 0.283 e. The molecule has 0 radical (unpaired) electrons. The number of nitrogens with zero attached hydrogens (tertiary/aromatic N) is 4. The maximum atomic E-state index is 13.4. The zero-order chi connectivity index (χ0) is 21.3. The number of sulfonamides is 1. The van der Waals surface area contributed by atoms with Gasteiger partial charge in [-0.3, -0.25) is 9.10 Å². The van der Waals surface area contributed by atoms with Crippen LogP contribution in [0.15, 0.2) is 66.1 Å². The van der Waals surface area contributed by atoms with Crippen molar-refractivity contribution in [2.45, 2.75) is 18.0 Å². The Morgan fingerprint density at radius 1 is 1.17 bits per heavy atom. The monoisotopic (exact) mass is 444 g/mol. The molecule has 1 aliphatic rings. The lowest BCUT2D eigenvalue weighted by molar-refractivity contribution is 0.0652. The van der Waals surface area contributed by atoms with Crippen molar-refractivity contribution >= 4 is 33.2 Å². The van der Waals surface area contributed by atoms with Crippen LogP contribution < -0.4 is 4.31 Å². The van der Waals surface area contributed by atoms with Gasteiger partial charge in [-0.05, 0) is 42.3 Å². The van der Waals surface area contributed by atoms with E-state index in [9.17, 15) is 13.2 Å². The van der Waals surface area contributed by atoms with Gasteiger partial charge in [-0.1, -0.05) is 29.8 Å². The first-order valence-corrected chi connectivity index (χ1v) is 11.3. The van der Waals surface area contributed by atoms with E-state index in [1.54, 1.807) is 65.0 Å². The number of hydrogen-bond acceptors (Lipinski definition) is 4. The van der Waals surface area contributed by atoms with Gasteiger partial charge in [0.05, 0.1) is 18.6 Å². The van der Waals surface area contributed by atoms with Crippen LogP contribution in [0.3, 0.4) is 0 Å². The number of benzene rings is 2. The van der Waals surface area contributed by atoms with Gasteiger partial charge >= 0.3 is 0 Å². The Morgan fingerprint density at radius 2 is 1.90 bits per heavy atom. The minimum atomic E-state index is -3.95. The number of halogens is 1. The van der Waals surface area contributed by atoms with E-state index in [0.29, 0.717) is 16.3 Å². The third-order valence-corrected chi connectivity index (χ3v) is 6.91. The molecule has 0 unspecified atom stereocenters. The Balaban J connectivity index is 1.75. The van der Waals surface area contributed by atoms with Gasteiger partial charge in [-0.2, -0.15) is 8.42 Å². The molecule has 0 aliphatic carbocycles. The number of carbonyl (C=O) groups excluding carboxylic acids is 1. The van der Waals surface area contributed by atoms with Gasteiger partial charge in [0.1, 0.15) is 0 Å². The Hall–Kier alpha value is -2.84. The Kier molecular flexibility index (Phi) is 5.53. The summed E-state index contributed by atoms with van der Waals surface area (Å²) in [5.41, 5.74) is 1.63. The van der Waals surface area contributed by atoms with E-state index in [0.717, 1.165) is 25.1 Å². The summed E-state index contributed by atoms with van der Waals surface area (Å²) in [5.74, 6) is -0.0928. The first-order valence-electron chi connectivity index (χ1n) is 9.49. The molecule has 4 rings (SSSR count). The summed E-state index contributed by atoms with van der Waals surface area (Å²) in [6.45, 7) is 1.53. The van der Waals surface area contributed by atoms with E-state index >= 15 is 0 Å². The lowest BCUT2D eigenvalue weighted by Crippen LogP contribution is -2.42. The van der Waals surface area contributed by atoms with Crippen LogP contribution in [0.1, 0.15) is 22.3 Å². The highest BCUT2D eigenvalue weighted by Gasteiger charge is 2.29. The molecule has 9 heteroatoms. The van der Waals surface area contributed by atoms with Crippen molar-refractivity contribution in [2.75, 3.05) is 17.4 Å². The third-order valence-electron chi connectivity index (χ3n) is 5.00. The van der Waals surface area contributed by atoms with E-state index in [1.807, 2.05) is 0 Å². The van der Waals surface area contributed by atoms with Crippen LogP contribution >= 0.6 is 11.6 Å². The van der Waals surface area contributed by atoms with Crippen molar-refractivity contribution in [1.29, 1.82) is 0 Å². The fraction of sp³-hybridized carbons (Fsp3) is 0.238. The maximum Gasteiger partial charge on any atom is 0.283 e. The number of aromatic nitrogens is 2. The van der Waals surface area contributed by atoms with Gasteiger partial charge < -0.3 is 9.47 Å². The molecular weight excluding hydrogens is 424 g/mol. The van der Waals surface area contributed by atoms with Crippen molar-refractivity contribution in [2.24, 2.45) is 7.05 Å². The number of anilines is 1. The highest BCUT2D eigenvalue weighted by Crippen LogP contribution is 2.27. The van der Waals surface area contributed by atoms with E-state index < -0.39 is 10.0 Å². The van der Waals surface area contributed by atoms with Crippen LogP contribution in [0.4, 0.5) is 5.69 Å². The first-order chi connectivity index (χ1) is 14.3. The van der Waals surface area contributed by atoms with E-state index in [4.69, 9.17) is 11.6 Å². The topological polar surface area (TPSA) is 75.5 Å². The number of imidazole rings is 1. The molecule has 1 fully saturated rings. The molecule has 156 valence electrons. The summed E-state index contributed by atoms with van der Waals surface area (Å²) < 4.78 is 29.7. The van der Waals surface area contributed by atoms with Gasteiger partial charge in [-0.25, -0.2) is 4.98 Å². The van der Waals surface area contributed by atoms with Crippen LogP contribution in [-0.4, -0.2) is 41.9 Å². The van der Waals surface area contributed by atoms with Crippen LogP contribution in [0.25, 0.3) is 0 Å². The summed E-state index contributed by atoms with van der Waals surface area (Å²) in [4.78, 5) is 18.4. The number of carbonyl (C=O) groups is 1. The lowest BCUT2D eigenvalue weighted by Gasteiger charge is -2.31.